The van der Waals surface area contributed by atoms with Gasteiger partial charge in [-0.25, -0.2) is 15.0 Å². The van der Waals surface area contributed by atoms with Crippen LogP contribution in [0.5, 0.6) is 0 Å². The van der Waals surface area contributed by atoms with Gasteiger partial charge in [0.15, 0.2) is 17.5 Å². The minimum absolute atomic E-state index is 0.632. The van der Waals surface area contributed by atoms with Gasteiger partial charge >= 0.3 is 0 Å². The molecule has 48 heavy (non-hydrogen) atoms. The highest BCUT2D eigenvalue weighted by atomic mass is 15.0. The average molecular weight is 615 g/mol. The molecule has 0 bridgehead atoms. The molecule has 4 nitrogen and oxygen atoms in total. The van der Waals surface area contributed by atoms with Gasteiger partial charge in [0.2, 0.25) is 0 Å². The SMILES string of the molecule is c1ccc(-c2ccc(-c3nc(-c4ccc(-c5ccccc5)cc4)nc(-c4ccc(-c5ccc(-c6cccnc6)cc5)cc4)n3)cc2)cc1. The highest BCUT2D eigenvalue weighted by Gasteiger charge is 2.13. The largest absolute Gasteiger partial charge is 0.264 e. The van der Waals surface area contributed by atoms with E-state index >= 15 is 0 Å². The van der Waals surface area contributed by atoms with Crippen molar-refractivity contribution in [1.29, 1.82) is 0 Å². The minimum Gasteiger partial charge on any atom is -0.264 e. The van der Waals surface area contributed by atoms with Crippen LogP contribution in [0.25, 0.3) is 78.7 Å². The molecule has 4 heteroatoms. The van der Waals surface area contributed by atoms with E-state index in [1.54, 1.807) is 6.20 Å². The highest BCUT2D eigenvalue weighted by molar-refractivity contribution is 5.74. The predicted octanol–water partition coefficient (Wildman–Crippen LogP) is 10.9. The van der Waals surface area contributed by atoms with E-state index in [1.807, 2.05) is 24.4 Å². The van der Waals surface area contributed by atoms with Gasteiger partial charge in [0.05, 0.1) is 0 Å². The van der Waals surface area contributed by atoms with Crippen LogP contribution in [-0.2, 0) is 0 Å². The fourth-order valence-electron chi connectivity index (χ4n) is 5.85. The summed E-state index contributed by atoms with van der Waals surface area (Å²) in [7, 11) is 0. The molecule has 0 aliphatic heterocycles. The van der Waals surface area contributed by atoms with Crippen LogP contribution in [0, 0.1) is 0 Å². The fourth-order valence-corrected chi connectivity index (χ4v) is 5.85. The Morgan fingerprint density at radius 1 is 0.229 bits per heavy atom. The monoisotopic (exact) mass is 614 g/mol. The number of hydrogen-bond donors (Lipinski definition) is 0. The van der Waals surface area contributed by atoms with Crippen molar-refractivity contribution < 1.29 is 0 Å². The smallest absolute Gasteiger partial charge is 0.164 e. The minimum atomic E-state index is 0.632. The molecule has 8 rings (SSSR count). The molecule has 0 saturated heterocycles. The lowest BCUT2D eigenvalue weighted by atomic mass is 10.00. The van der Waals surface area contributed by atoms with Crippen molar-refractivity contribution in [3.63, 3.8) is 0 Å². The van der Waals surface area contributed by atoms with E-state index in [0.717, 1.165) is 50.1 Å². The van der Waals surface area contributed by atoms with Crippen LogP contribution in [0.3, 0.4) is 0 Å². The summed E-state index contributed by atoms with van der Waals surface area (Å²) in [6.07, 6.45) is 3.68. The molecular weight excluding hydrogens is 585 g/mol. The van der Waals surface area contributed by atoms with Crippen molar-refractivity contribution in [2.75, 3.05) is 0 Å². The molecule has 0 N–H and O–H groups in total. The Morgan fingerprint density at radius 2 is 0.500 bits per heavy atom. The third kappa shape index (κ3) is 6.15. The number of hydrogen-bond acceptors (Lipinski definition) is 4. The van der Waals surface area contributed by atoms with Crippen LogP contribution in [0.4, 0.5) is 0 Å². The van der Waals surface area contributed by atoms with Gasteiger partial charge in [-0.05, 0) is 50.6 Å². The molecule has 6 aromatic carbocycles. The number of nitrogens with zero attached hydrogens (tertiary/aromatic N) is 4. The number of aromatic nitrogens is 4. The Labute approximate surface area is 280 Å². The summed E-state index contributed by atoms with van der Waals surface area (Å²) in [4.78, 5) is 19.2. The third-order valence-electron chi connectivity index (χ3n) is 8.49. The lowest BCUT2D eigenvalue weighted by Gasteiger charge is -2.10. The normalized spacial score (nSPS) is 10.9. The maximum absolute atomic E-state index is 4.99. The van der Waals surface area contributed by atoms with E-state index in [0.29, 0.717) is 17.5 Å². The van der Waals surface area contributed by atoms with E-state index in [2.05, 4.69) is 157 Å². The summed E-state index contributed by atoms with van der Waals surface area (Å²) in [5.41, 5.74) is 11.9. The Morgan fingerprint density at radius 3 is 0.812 bits per heavy atom. The van der Waals surface area contributed by atoms with Gasteiger partial charge < -0.3 is 0 Å². The van der Waals surface area contributed by atoms with Crippen molar-refractivity contribution in [2.24, 2.45) is 0 Å². The molecule has 2 aromatic heterocycles. The molecule has 0 saturated carbocycles. The summed E-state index contributed by atoms with van der Waals surface area (Å²) in [5, 5.41) is 0. The number of pyridine rings is 1. The van der Waals surface area contributed by atoms with Gasteiger partial charge in [0, 0.05) is 29.1 Å². The fraction of sp³-hybridized carbons (Fsp3) is 0. The van der Waals surface area contributed by atoms with E-state index in [4.69, 9.17) is 15.0 Å². The second kappa shape index (κ2) is 13.1. The number of benzene rings is 6. The molecular formula is C44H30N4. The van der Waals surface area contributed by atoms with Crippen molar-refractivity contribution in [3.8, 4) is 78.7 Å². The zero-order valence-corrected chi connectivity index (χ0v) is 26.1. The van der Waals surface area contributed by atoms with Gasteiger partial charge in [0.25, 0.3) is 0 Å². The standard InChI is InChI=1S/C44H30N4/c1-3-8-31(9-4-1)33-17-23-38(24-18-33)42-46-43(39-25-19-34(20-26-39)32-10-5-2-6-11-32)48-44(47-42)40-27-21-36(22-28-40)35-13-15-37(16-14-35)41-12-7-29-45-30-41/h1-30H. The van der Waals surface area contributed by atoms with Crippen LogP contribution < -0.4 is 0 Å². The summed E-state index contributed by atoms with van der Waals surface area (Å²) >= 11 is 0. The Bertz CT molecular complexity index is 2170. The number of rotatable bonds is 7. The van der Waals surface area contributed by atoms with Gasteiger partial charge in [-0.15, -0.1) is 0 Å². The molecule has 8 aromatic rings. The molecule has 0 aliphatic rings. The third-order valence-corrected chi connectivity index (χ3v) is 8.49. The molecule has 0 unspecified atom stereocenters. The second-order valence-electron chi connectivity index (χ2n) is 11.6. The second-order valence-corrected chi connectivity index (χ2v) is 11.6. The van der Waals surface area contributed by atoms with Gasteiger partial charge in [0.1, 0.15) is 0 Å². The van der Waals surface area contributed by atoms with Crippen molar-refractivity contribution in [2.45, 2.75) is 0 Å². The topological polar surface area (TPSA) is 51.6 Å². The van der Waals surface area contributed by atoms with E-state index in [1.165, 1.54) is 11.1 Å². The van der Waals surface area contributed by atoms with Gasteiger partial charge in [-0.2, -0.15) is 0 Å². The Balaban J connectivity index is 1.14. The van der Waals surface area contributed by atoms with Gasteiger partial charge in [-0.1, -0.05) is 164 Å². The zero-order chi connectivity index (χ0) is 32.1. The molecule has 0 amide bonds. The summed E-state index contributed by atoms with van der Waals surface area (Å²) in [6.45, 7) is 0. The quantitative estimate of drug-likeness (QED) is 0.179. The molecule has 0 spiro atoms. The first kappa shape index (κ1) is 28.9. The molecule has 0 radical (unpaired) electrons. The van der Waals surface area contributed by atoms with E-state index < -0.39 is 0 Å². The lowest BCUT2D eigenvalue weighted by Crippen LogP contribution is -2.00. The lowest BCUT2D eigenvalue weighted by molar-refractivity contribution is 1.07. The van der Waals surface area contributed by atoms with Crippen LogP contribution in [0.15, 0.2) is 182 Å². The van der Waals surface area contributed by atoms with Crippen molar-refractivity contribution in [3.05, 3.63) is 182 Å². The van der Waals surface area contributed by atoms with Crippen molar-refractivity contribution in [1.82, 2.24) is 19.9 Å². The zero-order valence-electron chi connectivity index (χ0n) is 26.1. The van der Waals surface area contributed by atoms with Crippen LogP contribution >= 0.6 is 0 Å². The van der Waals surface area contributed by atoms with Crippen LogP contribution in [0.2, 0.25) is 0 Å². The van der Waals surface area contributed by atoms with E-state index in [-0.39, 0.29) is 0 Å². The maximum atomic E-state index is 4.99. The molecule has 0 fully saturated rings. The Hall–Kier alpha value is -6.52. The van der Waals surface area contributed by atoms with E-state index in [9.17, 15) is 0 Å². The first-order valence-corrected chi connectivity index (χ1v) is 16.0. The van der Waals surface area contributed by atoms with Crippen molar-refractivity contribution >= 4 is 0 Å². The molecule has 2 heterocycles. The first-order valence-electron chi connectivity index (χ1n) is 16.0. The van der Waals surface area contributed by atoms with Crippen LogP contribution in [-0.4, -0.2) is 19.9 Å². The van der Waals surface area contributed by atoms with Crippen LogP contribution in [0.1, 0.15) is 0 Å². The summed E-state index contributed by atoms with van der Waals surface area (Å²) in [6, 6.07) is 58.6. The molecule has 0 atom stereocenters. The summed E-state index contributed by atoms with van der Waals surface area (Å²) in [5.74, 6) is 1.90. The summed E-state index contributed by atoms with van der Waals surface area (Å²) < 4.78 is 0. The molecule has 0 aliphatic carbocycles. The van der Waals surface area contributed by atoms with Gasteiger partial charge in [-0.3, -0.25) is 4.98 Å². The highest BCUT2D eigenvalue weighted by Crippen LogP contribution is 2.30. The average Bonchev–Trinajstić information content (AvgIpc) is 3.19. The molecule has 226 valence electrons. The maximum Gasteiger partial charge on any atom is 0.164 e. The first-order chi connectivity index (χ1) is 23.8. The predicted molar refractivity (Wildman–Crippen MR) is 196 cm³/mol. The Kier molecular flexibility index (Phi) is 7.87.